The van der Waals surface area contributed by atoms with Gasteiger partial charge in [-0.05, 0) is 67.3 Å². The SMILES string of the molecule is Cc1ccsc1C1C(C(=O)c2cccc(Cl)c2)C(c2cccs2)C(C)(C(=O)O)N1C(=O)C1CC1. The molecule has 4 unspecified atom stereocenters. The first-order valence-corrected chi connectivity index (χ1v) is 13.3. The van der Waals surface area contributed by atoms with Crippen LogP contribution in [0.5, 0.6) is 0 Å². The summed E-state index contributed by atoms with van der Waals surface area (Å²) in [6.07, 6.45) is 1.50. The number of aryl methyl sites for hydroxylation is 1. The van der Waals surface area contributed by atoms with Gasteiger partial charge in [-0.25, -0.2) is 4.79 Å². The van der Waals surface area contributed by atoms with Crippen molar-refractivity contribution in [3.8, 4) is 0 Å². The van der Waals surface area contributed by atoms with Gasteiger partial charge in [-0.1, -0.05) is 29.8 Å². The molecule has 176 valence electrons. The van der Waals surface area contributed by atoms with Gasteiger partial charge in [0.25, 0.3) is 0 Å². The second-order valence-electron chi connectivity index (χ2n) is 9.24. The van der Waals surface area contributed by atoms with Crippen molar-refractivity contribution in [1.29, 1.82) is 0 Å². The van der Waals surface area contributed by atoms with Gasteiger partial charge in [0.05, 0.1) is 12.0 Å². The quantitative estimate of drug-likeness (QED) is 0.399. The van der Waals surface area contributed by atoms with Crippen molar-refractivity contribution in [2.75, 3.05) is 0 Å². The molecule has 1 aliphatic heterocycles. The number of thiophene rings is 2. The largest absolute Gasteiger partial charge is 0.479 e. The van der Waals surface area contributed by atoms with Gasteiger partial charge in [0.1, 0.15) is 5.54 Å². The molecular formula is C26H24ClNO4S2. The van der Waals surface area contributed by atoms with Crippen molar-refractivity contribution in [3.05, 3.63) is 79.1 Å². The van der Waals surface area contributed by atoms with E-state index in [0.717, 1.165) is 28.2 Å². The molecule has 1 amide bonds. The number of hydrogen-bond donors (Lipinski definition) is 1. The van der Waals surface area contributed by atoms with Gasteiger partial charge in [0.15, 0.2) is 5.78 Å². The average molecular weight is 514 g/mol. The summed E-state index contributed by atoms with van der Waals surface area (Å²) in [5.74, 6) is -3.13. The maximum atomic E-state index is 14.2. The fourth-order valence-electron chi connectivity index (χ4n) is 5.28. The predicted octanol–water partition coefficient (Wildman–Crippen LogP) is 6.19. The Bertz CT molecular complexity index is 1270. The number of nitrogens with zero attached hydrogens (tertiary/aromatic N) is 1. The van der Waals surface area contributed by atoms with Crippen LogP contribution in [-0.2, 0) is 9.59 Å². The van der Waals surface area contributed by atoms with E-state index >= 15 is 0 Å². The molecule has 3 aromatic rings. The van der Waals surface area contributed by atoms with E-state index in [9.17, 15) is 19.5 Å². The van der Waals surface area contributed by atoms with Crippen LogP contribution in [-0.4, -0.2) is 33.2 Å². The fourth-order valence-corrected chi connectivity index (χ4v) is 7.53. The summed E-state index contributed by atoms with van der Waals surface area (Å²) in [7, 11) is 0. The summed E-state index contributed by atoms with van der Waals surface area (Å²) in [6, 6.07) is 11.8. The molecule has 0 bridgehead atoms. The lowest BCUT2D eigenvalue weighted by Crippen LogP contribution is -2.54. The van der Waals surface area contributed by atoms with Crippen LogP contribution < -0.4 is 0 Å². The van der Waals surface area contributed by atoms with Crippen LogP contribution in [0.2, 0.25) is 5.02 Å². The number of rotatable bonds is 6. The van der Waals surface area contributed by atoms with Gasteiger partial charge in [-0.2, -0.15) is 0 Å². The van der Waals surface area contributed by atoms with Gasteiger partial charge in [0.2, 0.25) is 5.91 Å². The molecule has 34 heavy (non-hydrogen) atoms. The summed E-state index contributed by atoms with van der Waals surface area (Å²) in [5, 5.41) is 14.9. The number of aliphatic carboxylic acids is 1. The lowest BCUT2D eigenvalue weighted by atomic mass is 9.75. The Hall–Kier alpha value is -2.48. The zero-order valence-corrected chi connectivity index (χ0v) is 21.1. The van der Waals surface area contributed by atoms with Crippen LogP contribution in [0.25, 0.3) is 0 Å². The highest BCUT2D eigenvalue weighted by molar-refractivity contribution is 7.10. The lowest BCUT2D eigenvalue weighted by molar-refractivity contribution is -0.158. The third-order valence-corrected chi connectivity index (χ3v) is 9.39. The van der Waals surface area contributed by atoms with Gasteiger partial charge in [-0.15, -0.1) is 22.7 Å². The Morgan fingerprint density at radius 2 is 1.85 bits per heavy atom. The first-order chi connectivity index (χ1) is 16.2. The molecule has 2 aliphatic rings. The highest BCUT2D eigenvalue weighted by Gasteiger charge is 2.66. The number of benzene rings is 1. The van der Waals surface area contributed by atoms with Crippen LogP contribution in [0.1, 0.15) is 57.4 Å². The number of carboxylic acid groups (broad SMARTS) is 1. The van der Waals surface area contributed by atoms with E-state index in [1.807, 2.05) is 35.9 Å². The minimum atomic E-state index is -1.58. The molecule has 1 N–H and O–H groups in total. The number of carbonyl (C=O) groups excluding carboxylic acids is 2. The molecule has 2 aromatic heterocycles. The Morgan fingerprint density at radius 1 is 1.09 bits per heavy atom. The molecule has 1 aromatic carbocycles. The number of ketones is 1. The Balaban J connectivity index is 1.78. The maximum Gasteiger partial charge on any atom is 0.330 e. The summed E-state index contributed by atoms with van der Waals surface area (Å²) in [5.41, 5.74) is -0.205. The van der Waals surface area contributed by atoms with Crippen LogP contribution in [0, 0.1) is 18.8 Å². The first kappa shape index (κ1) is 23.3. The molecule has 1 aliphatic carbocycles. The lowest BCUT2D eigenvalue weighted by Gasteiger charge is -2.37. The van der Waals surface area contributed by atoms with Crippen LogP contribution in [0.15, 0.2) is 53.2 Å². The fraction of sp³-hybridized carbons (Fsp3) is 0.346. The molecular weight excluding hydrogens is 490 g/mol. The third kappa shape index (κ3) is 3.61. The molecule has 2 fully saturated rings. The number of carboxylic acids is 1. The molecule has 4 atom stereocenters. The van der Waals surface area contributed by atoms with Crippen molar-refractivity contribution < 1.29 is 19.5 Å². The molecule has 5 rings (SSSR count). The summed E-state index contributed by atoms with van der Waals surface area (Å²) >= 11 is 9.12. The first-order valence-electron chi connectivity index (χ1n) is 11.2. The van der Waals surface area contributed by atoms with Crippen molar-refractivity contribution in [2.24, 2.45) is 11.8 Å². The van der Waals surface area contributed by atoms with E-state index in [2.05, 4.69) is 0 Å². The van der Waals surface area contributed by atoms with E-state index in [1.165, 1.54) is 22.7 Å². The van der Waals surface area contributed by atoms with E-state index in [1.54, 1.807) is 36.1 Å². The highest BCUT2D eigenvalue weighted by atomic mass is 35.5. The predicted molar refractivity (Wildman–Crippen MR) is 134 cm³/mol. The number of carbonyl (C=O) groups is 3. The van der Waals surface area contributed by atoms with Crippen LogP contribution >= 0.6 is 34.3 Å². The Labute approximate surface area is 211 Å². The summed E-state index contributed by atoms with van der Waals surface area (Å²) in [4.78, 5) is 44.2. The van der Waals surface area contributed by atoms with Gasteiger partial charge < -0.3 is 10.0 Å². The number of likely N-dealkylation sites (tertiary alicyclic amines) is 1. The topological polar surface area (TPSA) is 74.7 Å². The van der Waals surface area contributed by atoms with Crippen LogP contribution in [0.4, 0.5) is 0 Å². The second kappa shape index (κ2) is 8.63. The third-order valence-electron chi connectivity index (χ3n) is 7.11. The summed E-state index contributed by atoms with van der Waals surface area (Å²) < 4.78 is 0. The zero-order chi connectivity index (χ0) is 24.2. The number of hydrogen-bond acceptors (Lipinski definition) is 5. The molecule has 1 saturated heterocycles. The number of amides is 1. The van der Waals surface area contributed by atoms with E-state index < -0.39 is 29.4 Å². The second-order valence-corrected chi connectivity index (χ2v) is 11.6. The van der Waals surface area contributed by atoms with Gasteiger partial charge >= 0.3 is 5.97 Å². The monoisotopic (exact) mass is 513 g/mol. The minimum absolute atomic E-state index is 0.175. The van der Waals surface area contributed by atoms with E-state index in [0.29, 0.717) is 10.6 Å². The van der Waals surface area contributed by atoms with Gasteiger partial charge in [-0.3, -0.25) is 9.59 Å². The zero-order valence-electron chi connectivity index (χ0n) is 18.7. The number of Topliss-reactive ketones (excluding diaryl/α,β-unsaturated/α-hetero) is 1. The van der Waals surface area contributed by atoms with E-state index in [-0.39, 0.29) is 17.6 Å². The Morgan fingerprint density at radius 3 is 2.41 bits per heavy atom. The Kier molecular flexibility index (Phi) is 5.91. The van der Waals surface area contributed by atoms with Gasteiger partial charge in [0, 0.05) is 32.2 Å². The standard InChI is InChI=1S/C26H24ClNO4S2/c1-14-10-12-34-23(14)21-19(22(29)16-5-3-6-17(27)13-16)20(18-7-4-11-33-18)26(2,25(31)32)28(21)24(30)15-8-9-15/h3-7,10-13,15,19-21H,8-9H2,1-2H3,(H,31,32). The maximum absolute atomic E-state index is 14.2. The van der Waals surface area contributed by atoms with Crippen molar-refractivity contribution in [1.82, 2.24) is 4.90 Å². The molecule has 0 radical (unpaired) electrons. The van der Waals surface area contributed by atoms with Crippen molar-refractivity contribution >= 4 is 51.9 Å². The molecule has 8 heteroatoms. The molecule has 0 spiro atoms. The van der Waals surface area contributed by atoms with Crippen molar-refractivity contribution in [3.63, 3.8) is 0 Å². The molecule has 5 nitrogen and oxygen atoms in total. The van der Waals surface area contributed by atoms with Crippen molar-refractivity contribution in [2.45, 2.75) is 44.2 Å². The molecule has 3 heterocycles. The smallest absolute Gasteiger partial charge is 0.330 e. The average Bonchev–Trinajstić information content (AvgIpc) is 3.23. The highest BCUT2D eigenvalue weighted by Crippen LogP contribution is 2.59. The number of halogens is 1. The minimum Gasteiger partial charge on any atom is -0.479 e. The van der Waals surface area contributed by atoms with E-state index in [4.69, 9.17) is 11.6 Å². The summed E-state index contributed by atoms with van der Waals surface area (Å²) in [6.45, 7) is 3.56. The molecule has 1 saturated carbocycles. The normalized spacial score (nSPS) is 26.6. The van der Waals surface area contributed by atoms with Crippen LogP contribution in [0.3, 0.4) is 0 Å².